The molecule has 1 heterocycles. The molecule has 0 spiro atoms. The summed E-state index contributed by atoms with van der Waals surface area (Å²) in [7, 11) is 0. The summed E-state index contributed by atoms with van der Waals surface area (Å²) in [4.78, 5) is 9.84. The molecule has 0 aliphatic rings. The van der Waals surface area contributed by atoms with Gasteiger partial charge in [0.25, 0.3) is 5.52 Å². The van der Waals surface area contributed by atoms with Crippen LogP contribution in [0.5, 0.6) is 0 Å². The van der Waals surface area contributed by atoms with Crippen LogP contribution in [0.15, 0.2) is 16.8 Å². The Kier molecular flexibility index (Phi) is 2.50. The maximum absolute atomic E-state index is 11.3. The van der Waals surface area contributed by atoms with Gasteiger partial charge in [-0.2, -0.15) is 10.5 Å². The molecule has 0 fully saturated rings. The highest BCUT2D eigenvalue weighted by Crippen LogP contribution is 2.28. The summed E-state index contributed by atoms with van der Waals surface area (Å²) in [6.45, 7) is 0. The van der Waals surface area contributed by atoms with Crippen molar-refractivity contribution in [1.82, 2.24) is 5.16 Å². The van der Waals surface area contributed by atoms with Crippen molar-refractivity contribution >= 4 is 16.7 Å². The fourth-order valence-electron chi connectivity index (χ4n) is 1.53. The Balaban J connectivity index is 2.83. The molecule has 0 atom stereocenters. The number of fused-ring (bicyclic) bond motifs is 1. The zero-order valence-electron chi connectivity index (χ0n) is 8.60. The van der Waals surface area contributed by atoms with E-state index in [4.69, 9.17) is 10.5 Å². The maximum Gasteiger partial charge on any atom is 0.324 e. The van der Waals surface area contributed by atoms with Gasteiger partial charge in [-0.15, -0.1) is 0 Å². The van der Waals surface area contributed by atoms with Crippen molar-refractivity contribution in [3.05, 3.63) is 33.0 Å². The average Bonchev–Trinajstić information content (AvgIpc) is 2.73. The topological polar surface area (TPSA) is 144 Å². The highest BCUT2D eigenvalue weighted by Gasteiger charge is 2.29. The molecule has 1 aromatic heterocycles. The first kappa shape index (κ1) is 11.3. The zero-order valence-corrected chi connectivity index (χ0v) is 8.60. The Morgan fingerprint density at radius 1 is 1.44 bits per heavy atom. The van der Waals surface area contributed by atoms with Gasteiger partial charge in [0, 0.05) is 16.8 Å². The molecule has 18 heavy (non-hydrogen) atoms. The molecule has 0 radical (unpaired) electrons. The van der Waals surface area contributed by atoms with Gasteiger partial charge in [0.15, 0.2) is 5.92 Å². The second-order valence-corrected chi connectivity index (χ2v) is 3.25. The lowest BCUT2D eigenvalue weighted by Gasteiger charge is -1.98. The largest absolute Gasteiger partial charge is 0.359 e. The zero-order chi connectivity index (χ0) is 13.3. The lowest BCUT2D eigenvalue weighted by molar-refractivity contribution is -0.783. The van der Waals surface area contributed by atoms with Crippen molar-refractivity contribution in [2.45, 2.75) is 5.92 Å². The quantitative estimate of drug-likeness (QED) is 0.425. The van der Waals surface area contributed by atoms with E-state index < -0.39 is 22.0 Å². The highest BCUT2D eigenvalue weighted by atomic mass is 16.8. The Morgan fingerprint density at radius 2 is 2.11 bits per heavy atom. The first-order valence-electron chi connectivity index (χ1n) is 4.56. The van der Waals surface area contributed by atoms with E-state index in [9.17, 15) is 15.3 Å². The van der Waals surface area contributed by atoms with Crippen molar-refractivity contribution in [2.75, 3.05) is 0 Å². The maximum atomic E-state index is 11.3. The summed E-state index contributed by atoms with van der Waals surface area (Å²) in [6, 6.07) is 5.63. The van der Waals surface area contributed by atoms with E-state index in [0.29, 0.717) is 0 Å². The Labute approximate surface area is 98.7 Å². The number of nitriles is 2. The number of nitrogens with zero attached hydrogens (tertiary/aromatic N) is 5. The van der Waals surface area contributed by atoms with E-state index in [0.717, 1.165) is 6.07 Å². The average molecular weight is 245 g/mol. The number of benzene rings is 1. The second-order valence-electron chi connectivity index (χ2n) is 3.25. The molecule has 0 bridgehead atoms. The van der Waals surface area contributed by atoms with Gasteiger partial charge in [0.05, 0.1) is 17.1 Å². The molecule has 2 rings (SSSR count). The van der Waals surface area contributed by atoms with Gasteiger partial charge in [-0.1, -0.05) is 0 Å². The summed E-state index contributed by atoms with van der Waals surface area (Å²) < 4.78 is 4.27. The Morgan fingerprint density at radius 3 is 2.67 bits per heavy atom. The van der Waals surface area contributed by atoms with Gasteiger partial charge < -0.3 is 5.21 Å². The smallest absolute Gasteiger partial charge is 0.324 e. The molecule has 0 saturated heterocycles. The van der Waals surface area contributed by atoms with Crippen LogP contribution in [0.2, 0.25) is 0 Å². The van der Waals surface area contributed by atoms with E-state index in [-0.39, 0.29) is 16.0 Å². The summed E-state index contributed by atoms with van der Waals surface area (Å²) in [5.74, 6) is -1.18. The molecule has 88 valence electrons. The van der Waals surface area contributed by atoms with E-state index >= 15 is 0 Å². The van der Waals surface area contributed by atoms with Crippen LogP contribution in [0.1, 0.15) is 11.5 Å². The van der Waals surface area contributed by atoms with Gasteiger partial charge in [-0.3, -0.25) is 14.7 Å². The number of nitro benzene ring substituents is 1. The number of hydrogen-bond donors (Lipinski definition) is 0. The molecule has 0 N–H and O–H groups in total. The van der Waals surface area contributed by atoms with Crippen LogP contribution < -0.4 is 4.90 Å². The molecule has 0 unspecified atom stereocenters. The predicted molar refractivity (Wildman–Crippen MR) is 53.6 cm³/mol. The van der Waals surface area contributed by atoms with Crippen molar-refractivity contribution in [3.8, 4) is 12.1 Å². The third-order valence-corrected chi connectivity index (χ3v) is 2.32. The molecular weight excluding hydrogens is 242 g/mol. The molecular formula is C9H3N5O4. The molecule has 0 amide bonds. The van der Waals surface area contributed by atoms with Gasteiger partial charge >= 0.3 is 11.2 Å². The minimum Gasteiger partial charge on any atom is -0.359 e. The van der Waals surface area contributed by atoms with Gasteiger partial charge in [0.2, 0.25) is 0 Å². The molecule has 2 aromatic rings. The van der Waals surface area contributed by atoms with Crippen LogP contribution in [0.25, 0.3) is 11.0 Å². The standard InChI is InChI=1S/C9H3N5O4/c10-3-5(4-11)6-1-2-7(13(15)16)9-8(6)12-18-14(9)17/h1-2,5H. The fraction of sp³-hybridized carbons (Fsp3) is 0.111. The van der Waals surface area contributed by atoms with Crippen LogP contribution in [0, 0.1) is 38.0 Å². The summed E-state index contributed by atoms with van der Waals surface area (Å²) in [6.07, 6.45) is 0. The normalized spacial score (nSPS) is 10.2. The first-order valence-corrected chi connectivity index (χ1v) is 4.56. The van der Waals surface area contributed by atoms with E-state index in [1.54, 1.807) is 12.1 Å². The van der Waals surface area contributed by atoms with Gasteiger partial charge in [0.1, 0.15) is 0 Å². The number of aromatic nitrogens is 2. The number of hydrogen-bond acceptors (Lipinski definition) is 7. The van der Waals surface area contributed by atoms with Crippen LogP contribution in [-0.2, 0) is 0 Å². The monoisotopic (exact) mass is 245 g/mol. The highest BCUT2D eigenvalue weighted by molar-refractivity contribution is 5.84. The number of nitro groups is 1. The van der Waals surface area contributed by atoms with E-state index in [2.05, 4.69) is 9.79 Å². The summed E-state index contributed by atoms with van der Waals surface area (Å²) in [5, 5.41) is 42.9. The molecule has 0 aliphatic heterocycles. The van der Waals surface area contributed by atoms with Crippen LogP contribution in [-0.4, -0.2) is 10.1 Å². The van der Waals surface area contributed by atoms with Crippen molar-refractivity contribution in [3.63, 3.8) is 0 Å². The number of rotatable bonds is 2. The minimum atomic E-state index is -1.18. The Bertz CT molecular complexity index is 709. The predicted octanol–water partition coefficient (Wildman–Crippen LogP) is 0.500. The number of non-ortho nitro benzene ring substituents is 1. The fourth-order valence-corrected chi connectivity index (χ4v) is 1.53. The van der Waals surface area contributed by atoms with Crippen molar-refractivity contribution in [2.24, 2.45) is 0 Å². The minimum absolute atomic E-state index is 0.0963. The SMILES string of the molecule is N#CC(C#N)c1ccc([N+](=O)[O-])c2c1no[n+]2[O-]. The molecule has 0 aliphatic carbocycles. The van der Waals surface area contributed by atoms with E-state index in [1.165, 1.54) is 6.07 Å². The van der Waals surface area contributed by atoms with Crippen molar-refractivity contribution < 1.29 is 14.5 Å². The first-order chi connectivity index (χ1) is 8.60. The molecule has 1 aromatic carbocycles. The molecule has 0 saturated carbocycles. The summed E-state index contributed by atoms with van der Waals surface area (Å²) >= 11 is 0. The van der Waals surface area contributed by atoms with Gasteiger partial charge in [-0.05, 0) is 11.0 Å². The third-order valence-electron chi connectivity index (χ3n) is 2.32. The van der Waals surface area contributed by atoms with Gasteiger partial charge in [-0.25, -0.2) is 0 Å². The summed E-state index contributed by atoms with van der Waals surface area (Å²) in [5.41, 5.74) is -0.973. The van der Waals surface area contributed by atoms with Crippen LogP contribution in [0.4, 0.5) is 5.69 Å². The van der Waals surface area contributed by atoms with Crippen LogP contribution >= 0.6 is 0 Å². The van der Waals surface area contributed by atoms with Crippen LogP contribution in [0.3, 0.4) is 0 Å². The Hall–Kier alpha value is -3.20. The third kappa shape index (κ3) is 1.47. The second kappa shape index (κ2) is 3.99. The van der Waals surface area contributed by atoms with Crippen molar-refractivity contribution in [1.29, 1.82) is 10.5 Å². The lowest BCUT2D eigenvalue weighted by atomic mass is 10.00. The lowest BCUT2D eigenvalue weighted by Crippen LogP contribution is -2.23. The molecule has 9 nitrogen and oxygen atoms in total. The molecule has 9 heteroatoms. The van der Waals surface area contributed by atoms with E-state index in [1.807, 2.05) is 0 Å².